The van der Waals surface area contributed by atoms with Crippen molar-refractivity contribution in [1.82, 2.24) is 0 Å². The molecule has 0 fully saturated rings. The average molecular weight is 261 g/mol. The second kappa shape index (κ2) is 2.64. The molecule has 2 rings (SSSR count). The van der Waals surface area contributed by atoms with Crippen LogP contribution in [-0.2, 0) is 0 Å². The Morgan fingerprint density at radius 1 is 1.55 bits per heavy atom. The first-order valence-electron chi connectivity index (χ1n) is 3.45. The van der Waals surface area contributed by atoms with Gasteiger partial charge in [-0.1, -0.05) is 0 Å². The lowest BCUT2D eigenvalue weighted by atomic mass is 10.1. The highest BCUT2D eigenvalue weighted by atomic mass is 127. The van der Waals surface area contributed by atoms with Crippen molar-refractivity contribution in [3.05, 3.63) is 27.3 Å². The van der Waals surface area contributed by atoms with Crippen molar-refractivity contribution in [3.8, 4) is 5.75 Å². The molecule has 1 aromatic rings. The van der Waals surface area contributed by atoms with Gasteiger partial charge in [0.25, 0.3) is 0 Å². The fourth-order valence-electron chi connectivity index (χ4n) is 1.21. The number of nitrogens with two attached hydrogens (primary N) is 1. The van der Waals surface area contributed by atoms with E-state index in [0.717, 1.165) is 11.3 Å². The lowest BCUT2D eigenvalue weighted by Gasteiger charge is -1.99. The zero-order valence-corrected chi connectivity index (χ0v) is 8.04. The van der Waals surface area contributed by atoms with Gasteiger partial charge >= 0.3 is 0 Å². The van der Waals surface area contributed by atoms with E-state index >= 15 is 0 Å². The molecular weight excluding hydrogens is 253 g/mol. The van der Waals surface area contributed by atoms with Crippen molar-refractivity contribution >= 4 is 22.6 Å². The number of hydrogen-bond acceptors (Lipinski definition) is 2. The summed E-state index contributed by atoms with van der Waals surface area (Å²) in [6.07, 6.45) is 0. The molecule has 2 N–H and O–H groups in total. The molecule has 1 aromatic carbocycles. The largest absolute Gasteiger partial charge is 0.491 e. The van der Waals surface area contributed by atoms with Gasteiger partial charge < -0.3 is 10.5 Å². The first-order chi connectivity index (χ1) is 5.27. The van der Waals surface area contributed by atoms with Crippen LogP contribution >= 0.6 is 22.6 Å². The highest BCUT2D eigenvalue weighted by molar-refractivity contribution is 14.1. The molecule has 1 aliphatic heterocycles. The minimum Gasteiger partial charge on any atom is -0.491 e. The summed E-state index contributed by atoms with van der Waals surface area (Å²) >= 11 is 2.27. The Morgan fingerprint density at radius 3 is 3.18 bits per heavy atom. The molecule has 0 aliphatic carbocycles. The van der Waals surface area contributed by atoms with Crippen LogP contribution < -0.4 is 10.5 Å². The quantitative estimate of drug-likeness (QED) is 0.721. The van der Waals surface area contributed by atoms with Crippen molar-refractivity contribution in [1.29, 1.82) is 0 Å². The third-order valence-electron chi connectivity index (χ3n) is 1.79. The topological polar surface area (TPSA) is 35.2 Å². The number of halogens is 1. The van der Waals surface area contributed by atoms with Crippen molar-refractivity contribution < 1.29 is 4.74 Å². The lowest BCUT2D eigenvalue weighted by molar-refractivity contribution is 0.333. The summed E-state index contributed by atoms with van der Waals surface area (Å²) in [6.45, 7) is 0.620. The molecule has 1 heterocycles. The Morgan fingerprint density at radius 2 is 2.36 bits per heavy atom. The van der Waals surface area contributed by atoms with Crippen LogP contribution in [-0.4, -0.2) is 6.61 Å². The molecule has 0 saturated carbocycles. The maximum atomic E-state index is 5.79. The van der Waals surface area contributed by atoms with Gasteiger partial charge in [-0.15, -0.1) is 0 Å². The second-order valence-corrected chi connectivity index (χ2v) is 3.85. The van der Waals surface area contributed by atoms with Crippen molar-refractivity contribution in [2.75, 3.05) is 6.61 Å². The van der Waals surface area contributed by atoms with Crippen LogP contribution in [0.15, 0.2) is 18.2 Å². The van der Waals surface area contributed by atoms with Gasteiger partial charge in [-0.2, -0.15) is 0 Å². The van der Waals surface area contributed by atoms with Crippen molar-refractivity contribution in [3.63, 3.8) is 0 Å². The molecule has 1 unspecified atom stereocenters. The molecule has 11 heavy (non-hydrogen) atoms. The van der Waals surface area contributed by atoms with Gasteiger partial charge in [-0.3, -0.25) is 0 Å². The minimum atomic E-state index is 0.0692. The zero-order valence-electron chi connectivity index (χ0n) is 5.88. The highest BCUT2D eigenvalue weighted by Gasteiger charge is 2.19. The molecule has 2 nitrogen and oxygen atoms in total. The first-order valence-corrected chi connectivity index (χ1v) is 4.53. The Labute approximate surface area is 78.9 Å². The third kappa shape index (κ3) is 1.22. The summed E-state index contributed by atoms with van der Waals surface area (Å²) in [4.78, 5) is 0. The Balaban J connectivity index is 2.52. The monoisotopic (exact) mass is 261 g/mol. The SMILES string of the molecule is NC1COc2ccc(I)cc21. The van der Waals surface area contributed by atoms with E-state index in [2.05, 4.69) is 28.7 Å². The highest BCUT2D eigenvalue weighted by Crippen LogP contribution is 2.31. The van der Waals surface area contributed by atoms with Crippen LogP contribution in [0.5, 0.6) is 5.75 Å². The predicted octanol–water partition coefficient (Wildman–Crippen LogP) is 1.68. The van der Waals surface area contributed by atoms with Crippen LogP contribution in [0.25, 0.3) is 0 Å². The molecule has 1 aliphatic rings. The van der Waals surface area contributed by atoms with Gasteiger partial charge in [0.05, 0.1) is 6.04 Å². The van der Waals surface area contributed by atoms with Gasteiger partial charge in [-0.25, -0.2) is 0 Å². The van der Waals surface area contributed by atoms with E-state index in [-0.39, 0.29) is 6.04 Å². The fraction of sp³-hybridized carbons (Fsp3) is 0.250. The van der Waals surface area contributed by atoms with Crippen molar-refractivity contribution in [2.24, 2.45) is 5.73 Å². The third-order valence-corrected chi connectivity index (χ3v) is 2.46. The molecule has 1 atom stereocenters. The molecule has 0 aromatic heterocycles. The van der Waals surface area contributed by atoms with Gasteiger partial charge in [-0.05, 0) is 40.8 Å². The van der Waals surface area contributed by atoms with Crippen LogP contribution in [0.1, 0.15) is 11.6 Å². The van der Waals surface area contributed by atoms with Crippen LogP contribution in [0, 0.1) is 3.57 Å². The maximum Gasteiger partial charge on any atom is 0.124 e. The molecule has 0 spiro atoms. The number of hydrogen-bond donors (Lipinski definition) is 1. The number of benzene rings is 1. The van der Waals surface area contributed by atoms with E-state index in [1.54, 1.807) is 0 Å². The van der Waals surface area contributed by atoms with E-state index < -0.39 is 0 Å². The standard InChI is InChI=1S/C8H8INO/c9-5-1-2-8-6(3-5)7(10)4-11-8/h1-3,7H,4,10H2. The van der Waals surface area contributed by atoms with E-state index in [0.29, 0.717) is 6.61 Å². The predicted molar refractivity (Wildman–Crippen MR) is 51.6 cm³/mol. The molecule has 0 amide bonds. The van der Waals surface area contributed by atoms with Gasteiger partial charge in [0, 0.05) is 9.13 Å². The van der Waals surface area contributed by atoms with E-state index in [1.165, 1.54) is 3.57 Å². The summed E-state index contributed by atoms with van der Waals surface area (Å²) in [5.74, 6) is 0.943. The van der Waals surface area contributed by atoms with Crippen LogP contribution in [0.2, 0.25) is 0 Å². The Kier molecular flexibility index (Phi) is 1.77. The maximum absolute atomic E-state index is 5.79. The number of fused-ring (bicyclic) bond motifs is 1. The Bertz CT molecular complexity index is 287. The van der Waals surface area contributed by atoms with Crippen molar-refractivity contribution in [2.45, 2.75) is 6.04 Å². The summed E-state index contributed by atoms with van der Waals surface area (Å²) in [7, 11) is 0. The molecule has 58 valence electrons. The summed E-state index contributed by atoms with van der Waals surface area (Å²) < 4.78 is 6.55. The molecule has 0 radical (unpaired) electrons. The molecule has 0 bridgehead atoms. The number of rotatable bonds is 0. The van der Waals surface area contributed by atoms with E-state index in [9.17, 15) is 0 Å². The first kappa shape index (κ1) is 7.36. The van der Waals surface area contributed by atoms with Crippen LogP contribution in [0.4, 0.5) is 0 Å². The lowest BCUT2D eigenvalue weighted by Crippen LogP contribution is -2.10. The molecule has 0 saturated heterocycles. The fourth-order valence-corrected chi connectivity index (χ4v) is 1.73. The zero-order chi connectivity index (χ0) is 7.84. The van der Waals surface area contributed by atoms with Crippen LogP contribution in [0.3, 0.4) is 0 Å². The molecule has 3 heteroatoms. The summed E-state index contributed by atoms with van der Waals surface area (Å²) in [5.41, 5.74) is 6.92. The van der Waals surface area contributed by atoms with Gasteiger partial charge in [0.1, 0.15) is 12.4 Å². The normalized spacial score (nSPS) is 21.1. The number of ether oxygens (including phenoxy) is 1. The Hall–Kier alpha value is -0.290. The summed E-state index contributed by atoms with van der Waals surface area (Å²) in [5, 5.41) is 0. The molecular formula is C8H8INO. The average Bonchev–Trinajstić information content (AvgIpc) is 2.33. The van der Waals surface area contributed by atoms with E-state index in [1.807, 2.05) is 12.1 Å². The minimum absolute atomic E-state index is 0.0692. The van der Waals surface area contributed by atoms with E-state index in [4.69, 9.17) is 10.5 Å². The van der Waals surface area contributed by atoms with Gasteiger partial charge in [0.15, 0.2) is 0 Å². The second-order valence-electron chi connectivity index (χ2n) is 2.60. The summed E-state index contributed by atoms with van der Waals surface area (Å²) in [6, 6.07) is 6.15. The smallest absolute Gasteiger partial charge is 0.124 e. The van der Waals surface area contributed by atoms with Gasteiger partial charge in [0.2, 0.25) is 0 Å².